The molecule has 0 spiro atoms. The first-order valence-electron chi connectivity index (χ1n) is 15.8. The van der Waals surface area contributed by atoms with Crippen LogP contribution in [0.15, 0.2) is 36.4 Å². The first-order valence-corrected chi connectivity index (χ1v) is 15.8. The number of imide groups is 1. The number of hydrogen-bond donors (Lipinski definition) is 3. The number of aromatic amines is 1. The third-order valence-corrected chi connectivity index (χ3v) is 9.85. The largest absolute Gasteiger partial charge is 0.358 e. The van der Waals surface area contributed by atoms with Crippen LogP contribution in [0.5, 0.6) is 0 Å². The number of fused-ring (bicyclic) bond motifs is 3. The number of hydrogen-bond acceptors (Lipinski definition) is 5. The van der Waals surface area contributed by atoms with E-state index in [2.05, 4.69) is 27.5 Å². The number of rotatable bonds is 3. The molecule has 1 aromatic heterocycles. The fourth-order valence-electron chi connectivity index (χ4n) is 7.51. The summed E-state index contributed by atoms with van der Waals surface area (Å²) in [6, 6.07) is 9.04. The van der Waals surface area contributed by atoms with E-state index in [1.165, 1.54) is 17.0 Å². The van der Waals surface area contributed by atoms with E-state index < -0.39 is 17.8 Å². The molecule has 2 fully saturated rings. The number of likely N-dealkylation sites (tertiary alicyclic amines) is 1. The normalized spacial score (nSPS) is 21.5. The van der Waals surface area contributed by atoms with E-state index in [0.717, 1.165) is 33.7 Å². The summed E-state index contributed by atoms with van der Waals surface area (Å²) in [5.41, 5.74) is 7.63. The fourth-order valence-corrected chi connectivity index (χ4v) is 7.51. The first-order chi connectivity index (χ1) is 22.7. The second-order valence-electron chi connectivity index (χ2n) is 12.8. The van der Waals surface area contributed by atoms with E-state index in [1.54, 1.807) is 18.2 Å². The standard InChI is InChI=1S/C36H30FN5O5/c1-18-30(24-8-9-25(32(24)38-18)31-26-14-22(37)6-10-27(26)39-34(31)45)36(47)41-15-20(16-41)4-2-3-19-5-7-23-21(13-19)17-42(35(23)46)28-11-12-29(43)40-33(28)44/h5-7,10,13-14,20,28,38H,4,8-9,11-12,15-17H2,1H3,(H,39,45)(H,40,43,44)/b31-25-. The molecule has 4 aliphatic heterocycles. The Bertz CT molecular complexity index is 2060. The lowest BCUT2D eigenvalue weighted by atomic mass is 9.94. The van der Waals surface area contributed by atoms with Crippen molar-refractivity contribution < 1.29 is 28.4 Å². The number of amides is 5. The zero-order valence-electron chi connectivity index (χ0n) is 25.6. The minimum absolute atomic E-state index is 0.0402. The Morgan fingerprint density at radius 3 is 2.64 bits per heavy atom. The molecule has 3 N–H and O–H groups in total. The summed E-state index contributed by atoms with van der Waals surface area (Å²) in [7, 11) is 0. The van der Waals surface area contributed by atoms with Gasteiger partial charge >= 0.3 is 0 Å². The van der Waals surface area contributed by atoms with E-state index in [4.69, 9.17) is 0 Å². The Kier molecular flexibility index (Phi) is 6.65. The highest BCUT2D eigenvalue weighted by molar-refractivity contribution is 6.37. The Labute approximate surface area is 269 Å². The maximum Gasteiger partial charge on any atom is 0.256 e. The number of aromatic nitrogens is 1. The van der Waals surface area contributed by atoms with Gasteiger partial charge in [0.1, 0.15) is 11.9 Å². The number of carbonyl (C=O) groups is 5. The van der Waals surface area contributed by atoms with Gasteiger partial charge in [-0.1, -0.05) is 11.8 Å². The van der Waals surface area contributed by atoms with Crippen molar-refractivity contribution in [3.63, 3.8) is 0 Å². The van der Waals surface area contributed by atoms with Crippen LogP contribution in [0.1, 0.15) is 80.0 Å². The highest BCUT2D eigenvalue weighted by Gasteiger charge is 2.40. The molecule has 8 rings (SSSR count). The van der Waals surface area contributed by atoms with Gasteiger partial charge in [-0.3, -0.25) is 29.3 Å². The summed E-state index contributed by atoms with van der Waals surface area (Å²) in [6.07, 6.45) is 2.36. The maximum atomic E-state index is 14.0. The Morgan fingerprint density at radius 2 is 1.83 bits per heavy atom. The van der Waals surface area contributed by atoms with Gasteiger partial charge in [-0.25, -0.2) is 4.39 Å². The highest BCUT2D eigenvalue weighted by atomic mass is 19.1. The van der Waals surface area contributed by atoms with Crippen molar-refractivity contribution in [3.8, 4) is 11.8 Å². The van der Waals surface area contributed by atoms with Gasteiger partial charge in [0.05, 0.1) is 11.1 Å². The number of carbonyl (C=O) groups excluding carboxylic acids is 5. The average molecular weight is 632 g/mol. The quantitative estimate of drug-likeness (QED) is 0.231. The predicted molar refractivity (Wildman–Crippen MR) is 169 cm³/mol. The van der Waals surface area contributed by atoms with Gasteiger partial charge in [-0.15, -0.1) is 0 Å². The maximum absolute atomic E-state index is 14.0. The molecule has 1 unspecified atom stereocenters. The molecular weight excluding hydrogens is 601 g/mol. The number of H-pyrrole nitrogens is 1. The molecule has 2 aromatic carbocycles. The van der Waals surface area contributed by atoms with Crippen molar-refractivity contribution in [2.45, 2.75) is 51.6 Å². The van der Waals surface area contributed by atoms with Crippen LogP contribution >= 0.6 is 0 Å². The summed E-state index contributed by atoms with van der Waals surface area (Å²) in [6.45, 7) is 3.35. The van der Waals surface area contributed by atoms with Gasteiger partial charge in [-0.05, 0) is 79.3 Å². The third-order valence-electron chi connectivity index (χ3n) is 9.85. The van der Waals surface area contributed by atoms with Gasteiger partial charge in [0.2, 0.25) is 11.8 Å². The Hall–Kier alpha value is -5.50. The van der Waals surface area contributed by atoms with E-state index in [0.29, 0.717) is 73.3 Å². The number of nitrogens with zero attached hydrogens (tertiary/aromatic N) is 2. The van der Waals surface area contributed by atoms with E-state index in [-0.39, 0.29) is 36.0 Å². The summed E-state index contributed by atoms with van der Waals surface area (Å²) in [4.78, 5) is 70.0. The number of benzene rings is 2. The summed E-state index contributed by atoms with van der Waals surface area (Å²) < 4.78 is 14.0. The lowest BCUT2D eigenvalue weighted by Gasteiger charge is -2.38. The van der Waals surface area contributed by atoms with E-state index in [9.17, 15) is 28.4 Å². The fraction of sp³-hybridized carbons (Fsp3) is 0.306. The van der Waals surface area contributed by atoms with Gasteiger partial charge < -0.3 is 20.1 Å². The van der Waals surface area contributed by atoms with Crippen molar-refractivity contribution in [2.24, 2.45) is 5.92 Å². The van der Waals surface area contributed by atoms with Crippen molar-refractivity contribution >= 4 is 46.4 Å². The highest BCUT2D eigenvalue weighted by Crippen LogP contribution is 2.44. The molecule has 1 atom stereocenters. The smallest absolute Gasteiger partial charge is 0.256 e. The van der Waals surface area contributed by atoms with Crippen molar-refractivity contribution in [3.05, 3.63) is 87.0 Å². The van der Waals surface area contributed by atoms with E-state index in [1.807, 2.05) is 17.9 Å². The SMILES string of the molecule is Cc1[nH]c2c(c1C(=O)N1CC(CC#Cc3ccc4c(c3)CN(C3CCC(=O)NC3=O)C4=O)C1)CC/C2=C1/C(=O)Nc2ccc(F)cc21. The minimum atomic E-state index is -0.654. The number of nitrogens with one attached hydrogen (secondary N) is 3. The van der Waals surface area contributed by atoms with Crippen molar-refractivity contribution in [1.29, 1.82) is 0 Å². The van der Waals surface area contributed by atoms with Crippen LogP contribution in [0.4, 0.5) is 10.1 Å². The van der Waals surface area contributed by atoms with Crippen LogP contribution in [-0.2, 0) is 27.3 Å². The zero-order valence-corrected chi connectivity index (χ0v) is 25.6. The monoisotopic (exact) mass is 631 g/mol. The van der Waals surface area contributed by atoms with E-state index >= 15 is 0 Å². The molecule has 236 valence electrons. The van der Waals surface area contributed by atoms with Gasteiger partial charge in [-0.2, -0.15) is 0 Å². The molecule has 5 heterocycles. The van der Waals surface area contributed by atoms with Crippen LogP contribution in [0.2, 0.25) is 0 Å². The predicted octanol–water partition coefficient (Wildman–Crippen LogP) is 3.55. The van der Waals surface area contributed by atoms with Crippen LogP contribution in [0.25, 0.3) is 11.1 Å². The topological polar surface area (TPSA) is 132 Å². The molecule has 3 aromatic rings. The summed E-state index contributed by atoms with van der Waals surface area (Å²) in [5.74, 6) is 4.98. The molecule has 11 heteroatoms. The van der Waals surface area contributed by atoms with Crippen molar-refractivity contribution in [1.82, 2.24) is 20.1 Å². The molecule has 10 nitrogen and oxygen atoms in total. The van der Waals surface area contributed by atoms with Crippen molar-refractivity contribution in [2.75, 3.05) is 18.4 Å². The van der Waals surface area contributed by atoms with Crippen LogP contribution in [0, 0.1) is 30.5 Å². The van der Waals surface area contributed by atoms with Gasteiger partial charge in [0.15, 0.2) is 0 Å². The number of piperidine rings is 1. The molecular formula is C36H30FN5O5. The lowest BCUT2D eigenvalue weighted by Crippen LogP contribution is -2.52. The number of halogens is 1. The molecule has 47 heavy (non-hydrogen) atoms. The van der Waals surface area contributed by atoms with Crippen LogP contribution in [0.3, 0.4) is 0 Å². The van der Waals surface area contributed by atoms with Crippen LogP contribution in [-0.4, -0.2) is 63.5 Å². The summed E-state index contributed by atoms with van der Waals surface area (Å²) in [5, 5.41) is 5.14. The molecule has 0 bridgehead atoms. The Morgan fingerprint density at radius 1 is 1.00 bits per heavy atom. The molecule has 2 saturated heterocycles. The first kappa shape index (κ1) is 28.9. The third kappa shape index (κ3) is 4.74. The second kappa shape index (κ2) is 10.8. The molecule has 1 aliphatic carbocycles. The number of aryl methyl sites for hydroxylation is 1. The molecule has 0 saturated carbocycles. The van der Waals surface area contributed by atoms with Gasteiger partial charge in [0.25, 0.3) is 17.7 Å². The average Bonchev–Trinajstić information content (AvgIpc) is 3.74. The summed E-state index contributed by atoms with van der Waals surface area (Å²) >= 11 is 0. The zero-order chi connectivity index (χ0) is 32.6. The Balaban J connectivity index is 0.914. The minimum Gasteiger partial charge on any atom is -0.358 e. The lowest BCUT2D eigenvalue weighted by molar-refractivity contribution is -0.137. The second-order valence-corrected chi connectivity index (χ2v) is 12.8. The number of allylic oxidation sites excluding steroid dienone is 1. The molecule has 0 radical (unpaired) electrons. The molecule has 5 amide bonds. The van der Waals surface area contributed by atoms with Crippen LogP contribution < -0.4 is 10.6 Å². The van der Waals surface area contributed by atoms with Gasteiger partial charge in [0, 0.05) is 72.2 Å². The molecule has 5 aliphatic rings. The number of anilines is 1.